The molecule has 0 aliphatic rings. The maximum atomic E-state index is 5.44. The number of aryl methyl sites for hydroxylation is 1. The van der Waals surface area contributed by atoms with Crippen molar-refractivity contribution in [2.24, 2.45) is 0 Å². The summed E-state index contributed by atoms with van der Waals surface area (Å²) < 4.78 is 5.44. The van der Waals surface area contributed by atoms with Crippen molar-refractivity contribution in [2.75, 3.05) is 6.61 Å². The molecule has 0 fully saturated rings. The largest absolute Gasteiger partial charge is 0.490 e. The van der Waals surface area contributed by atoms with Crippen LogP contribution in [0.4, 0.5) is 0 Å². The average molecular weight is 274 g/mol. The van der Waals surface area contributed by atoms with Gasteiger partial charge in [0.25, 0.3) is 0 Å². The SMILES string of the molecule is C=CCOc1ccc(CNCc2scnc2C)cc1. The van der Waals surface area contributed by atoms with Crippen molar-refractivity contribution >= 4 is 11.3 Å². The molecule has 0 amide bonds. The minimum atomic E-state index is 0.544. The second-order valence-corrected chi connectivity index (χ2v) is 5.15. The zero-order valence-corrected chi connectivity index (χ0v) is 11.9. The number of nitrogens with one attached hydrogen (secondary N) is 1. The van der Waals surface area contributed by atoms with E-state index in [2.05, 4.69) is 29.0 Å². The Hall–Kier alpha value is -1.65. The van der Waals surface area contributed by atoms with E-state index in [1.165, 1.54) is 10.4 Å². The number of aromatic nitrogens is 1. The summed E-state index contributed by atoms with van der Waals surface area (Å²) in [6.07, 6.45) is 1.74. The van der Waals surface area contributed by atoms with E-state index in [1.807, 2.05) is 24.6 Å². The highest BCUT2D eigenvalue weighted by Gasteiger charge is 2.00. The Morgan fingerprint density at radius 1 is 1.32 bits per heavy atom. The van der Waals surface area contributed by atoms with Crippen molar-refractivity contribution in [2.45, 2.75) is 20.0 Å². The topological polar surface area (TPSA) is 34.1 Å². The van der Waals surface area contributed by atoms with Crippen molar-refractivity contribution in [3.8, 4) is 5.75 Å². The van der Waals surface area contributed by atoms with E-state index >= 15 is 0 Å². The van der Waals surface area contributed by atoms with Gasteiger partial charge < -0.3 is 10.1 Å². The van der Waals surface area contributed by atoms with E-state index < -0.39 is 0 Å². The van der Waals surface area contributed by atoms with Crippen molar-refractivity contribution in [3.05, 3.63) is 58.6 Å². The number of ether oxygens (including phenoxy) is 1. The van der Waals surface area contributed by atoms with Crippen LogP contribution < -0.4 is 10.1 Å². The molecule has 2 aromatic rings. The number of hydrogen-bond acceptors (Lipinski definition) is 4. The van der Waals surface area contributed by atoms with Crippen molar-refractivity contribution in [3.63, 3.8) is 0 Å². The molecule has 0 atom stereocenters. The molecule has 100 valence electrons. The molecule has 0 saturated heterocycles. The van der Waals surface area contributed by atoms with Gasteiger partial charge in [0, 0.05) is 18.0 Å². The van der Waals surface area contributed by atoms with Gasteiger partial charge in [-0.2, -0.15) is 0 Å². The number of benzene rings is 1. The van der Waals surface area contributed by atoms with Gasteiger partial charge >= 0.3 is 0 Å². The summed E-state index contributed by atoms with van der Waals surface area (Å²) in [6, 6.07) is 8.12. The van der Waals surface area contributed by atoms with Gasteiger partial charge in [-0.05, 0) is 24.6 Å². The highest BCUT2D eigenvalue weighted by molar-refractivity contribution is 7.09. The van der Waals surface area contributed by atoms with E-state index in [9.17, 15) is 0 Å². The fourth-order valence-corrected chi connectivity index (χ4v) is 2.42. The molecule has 1 aromatic heterocycles. The van der Waals surface area contributed by atoms with Crippen LogP contribution in [-0.4, -0.2) is 11.6 Å². The Balaban J connectivity index is 1.80. The van der Waals surface area contributed by atoms with E-state index in [1.54, 1.807) is 17.4 Å². The Morgan fingerprint density at radius 2 is 2.11 bits per heavy atom. The van der Waals surface area contributed by atoms with E-state index in [4.69, 9.17) is 4.74 Å². The third-order valence-corrected chi connectivity index (χ3v) is 3.69. The lowest BCUT2D eigenvalue weighted by molar-refractivity contribution is 0.363. The van der Waals surface area contributed by atoms with Crippen LogP contribution in [0.2, 0.25) is 0 Å². The Labute approximate surface area is 118 Å². The minimum absolute atomic E-state index is 0.544. The predicted molar refractivity (Wildman–Crippen MR) is 79.5 cm³/mol. The molecule has 3 nitrogen and oxygen atoms in total. The molecule has 0 unspecified atom stereocenters. The van der Waals surface area contributed by atoms with Gasteiger partial charge in [0.05, 0.1) is 11.2 Å². The molecule has 0 bridgehead atoms. The molecule has 0 aliphatic heterocycles. The highest BCUT2D eigenvalue weighted by atomic mass is 32.1. The first kappa shape index (κ1) is 13.8. The first-order valence-electron chi connectivity index (χ1n) is 6.22. The zero-order valence-electron chi connectivity index (χ0n) is 11.1. The molecule has 0 aliphatic carbocycles. The predicted octanol–water partition coefficient (Wildman–Crippen LogP) is 3.31. The molecule has 4 heteroatoms. The van der Waals surface area contributed by atoms with Gasteiger partial charge in [-0.1, -0.05) is 24.8 Å². The summed E-state index contributed by atoms with van der Waals surface area (Å²) in [4.78, 5) is 5.53. The third-order valence-electron chi connectivity index (χ3n) is 2.75. The maximum absolute atomic E-state index is 5.44. The monoisotopic (exact) mass is 274 g/mol. The normalized spacial score (nSPS) is 10.4. The average Bonchev–Trinajstić information content (AvgIpc) is 2.84. The summed E-state index contributed by atoms with van der Waals surface area (Å²) >= 11 is 1.69. The van der Waals surface area contributed by atoms with Crippen LogP contribution in [0.3, 0.4) is 0 Å². The lowest BCUT2D eigenvalue weighted by atomic mass is 10.2. The fourth-order valence-electron chi connectivity index (χ4n) is 1.67. The van der Waals surface area contributed by atoms with Crippen molar-refractivity contribution < 1.29 is 4.74 Å². The van der Waals surface area contributed by atoms with Crippen LogP contribution in [0.1, 0.15) is 16.1 Å². The summed E-state index contributed by atoms with van der Waals surface area (Å²) in [7, 11) is 0. The highest BCUT2D eigenvalue weighted by Crippen LogP contribution is 2.14. The Kier molecular flexibility index (Phi) is 5.12. The number of thiazole rings is 1. The number of hydrogen-bond donors (Lipinski definition) is 1. The van der Waals surface area contributed by atoms with Crippen LogP contribution in [0, 0.1) is 6.92 Å². The van der Waals surface area contributed by atoms with E-state index in [0.29, 0.717) is 6.61 Å². The Morgan fingerprint density at radius 3 is 2.74 bits per heavy atom. The molecule has 0 saturated carbocycles. The van der Waals surface area contributed by atoms with Crippen LogP contribution in [0.5, 0.6) is 5.75 Å². The molecule has 1 aromatic carbocycles. The third kappa shape index (κ3) is 4.19. The van der Waals surface area contributed by atoms with E-state index in [0.717, 1.165) is 24.5 Å². The van der Waals surface area contributed by atoms with Gasteiger partial charge in [-0.25, -0.2) is 4.98 Å². The molecular weight excluding hydrogens is 256 g/mol. The second kappa shape index (κ2) is 7.07. The lowest BCUT2D eigenvalue weighted by Crippen LogP contribution is -2.12. The maximum Gasteiger partial charge on any atom is 0.119 e. The van der Waals surface area contributed by atoms with E-state index in [-0.39, 0.29) is 0 Å². The molecule has 0 spiro atoms. The summed E-state index contributed by atoms with van der Waals surface area (Å²) in [5.74, 6) is 0.877. The van der Waals surface area contributed by atoms with Crippen molar-refractivity contribution in [1.29, 1.82) is 0 Å². The first-order chi connectivity index (χ1) is 9.29. The molecule has 0 radical (unpaired) electrons. The van der Waals surface area contributed by atoms with Gasteiger partial charge in [0.2, 0.25) is 0 Å². The standard InChI is InChI=1S/C15H18N2OS/c1-3-8-18-14-6-4-13(5-7-14)9-16-10-15-12(2)17-11-19-15/h3-7,11,16H,1,8-10H2,2H3. The smallest absolute Gasteiger partial charge is 0.119 e. The van der Waals surface area contributed by atoms with Crippen LogP contribution in [0.25, 0.3) is 0 Å². The van der Waals surface area contributed by atoms with Gasteiger partial charge in [0.15, 0.2) is 0 Å². The number of nitrogens with zero attached hydrogens (tertiary/aromatic N) is 1. The van der Waals surface area contributed by atoms with Gasteiger partial charge in [-0.15, -0.1) is 11.3 Å². The molecule has 1 heterocycles. The van der Waals surface area contributed by atoms with Crippen molar-refractivity contribution in [1.82, 2.24) is 10.3 Å². The second-order valence-electron chi connectivity index (χ2n) is 4.21. The van der Waals surface area contributed by atoms with Gasteiger partial charge in [0.1, 0.15) is 12.4 Å². The van der Waals surface area contributed by atoms with Gasteiger partial charge in [-0.3, -0.25) is 0 Å². The van der Waals surface area contributed by atoms with Crippen LogP contribution in [0.15, 0.2) is 42.4 Å². The van der Waals surface area contributed by atoms with Crippen LogP contribution in [-0.2, 0) is 13.1 Å². The lowest BCUT2D eigenvalue weighted by Gasteiger charge is -2.06. The minimum Gasteiger partial charge on any atom is -0.490 e. The fraction of sp³-hybridized carbons (Fsp3) is 0.267. The zero-order chi connectivity index (χ0) is 13.5. The number of rotatable bonds is 7. The molecular formula is C15H18N2OS. The summed E-state index contributed by atoms with van der Waals surface area (Å²) in [5.41, 5.74) is 4.25. The molecule has 19 heavy (non-hydrogen) atoms. The molecule has 2 rings (SSSR count). The molecule has 1 N–H and O–H groups in total. The van der Waals surface area contributed by atoms with Crippen LogP contribution >= 0.6 is 11.3 Å². The summed E-state index contributed by atoms with van der Waals surface area (Å²) in [5, 5.41) is 3.42. The Bertz CT molecular complexity index is 519. The summed E-state index contributed by atoms with van der Waals surface area (Å²) in [6.45, 7) is 7.92. The first-order valence-corrected chi connectivity index (χ1v) is 7.10. The quantitative estimate of drug-likeness (QED) is 0.787.